The van der Waals surface area contributed by atoms with Gasteiger partial charge in [-0.3, -0.25) is 4.79 Å². The number of rotatable bonds is 6. The predicted molar refractivity (Wildman–Crippen MR) is 62.1 cm³/mol. The standard InChI is InChI=1S/C12H23NO3/c1-10(8-16-2)7-11(14)13-9-12(15)5-3-4-6-12/h10,15H,3-9H2,1-2H3,(H,13,14). The van der Waals surface area contributed by atoms with Crippen LogP contribution in [0.1, 0.15) is 39.0 Å². The van der Waals surface area contributed by atoms with Crippen molar-refractivity contribution in [2.24, 2.45) is 5.92 Å². The molecule has 0 aromatic heterocycles. The highest BCUT2D eigenvalue weighted by Crippen LogP contribution is 2.28. The summed E-state index contributed by atoms with van der Waals surface area (Å²) in [7, 11) is 1.63. The van der Waals surface area contributed by atoms with Gasteiger partial charge in [0, 0.05) is 26.7 Å². The second kappa shape index (κ2) is 6.21. The predicted octanol–water partition coefficient (Wildman–Crippen LogP) is 1.08. The van der Waals surface area contributed by atoms with E-state index in [0.29, 0.717) is 19.6 Å². The molecule has 0 heterocycles. The largest absolute Gasteiger partial charge is 0.388 e. The fraction of sp³-hybridized carbons (Fsp3) is 0.917. The van der Waals surface area contributed by atoms with Crippen LogP contribution in [-0.2, 0) is 9.53 Å². The Labute approximate surface area is 97.4 Å². The van der Waals surface area contributed by atoms with Gasteiger partial charge in [-0.05, 0) is 18.8 Å². The van der Waals surface area contributed by atoms with Gasteiger partial charge in [0.25, 0.3) is 0 Å². The monoisotopic (exact) mass is 229 g/mol. The lowest BCUT2D eigenvalue weighted by molar-refractivity contribution is -0.123. The van der Waals surface area contributed by atoms with Crippen molar-refractivity contribution in [1.82, 2.24) is 5.32 Å². The summed E-state index contributed by atoms with van der Waals surface area (Å²) in [6.45, 7) is 2.97. The Hall–Kier alpha value is -0.610. The molecule has 0 aromatic rings. The van der Waals surface area contributed by atoms with Crippen LogP contribution in [-0.4, -0.2) is 36.9 Å². The third-order valence-corrected chi connectivity index (χ3v) is 3.13. The molecule has 1 aliphatic carbocycles. The molecule has 1 rings (SSSR count). The molecule has 1 aliphatic rings. The molecule has 0 aromatic carbocycles. The molecule has 4 nitrogen and oxygen atoms in total. The summed E-state index contributed by atoms with van der Waals surface area (Å²) in [6, 6.07) is 0. The Balaban J connectivity index is 2.19. The van der Waals surface area contributed by atoms with E-state index in [-0.39, 0.29) is 11.8 Å². The number of methoxy groups -OCH3 is 1. The van der Waals surface area contributed by atoms with Crippen LogP contribution in [0.3, 0.4) is 0 Å². The molecule has 0 bridgehead atoms. The summed E-state index contributed by atoms with van der Waals surface area (Å²) < 4.78 is 4.97. The van der Waals surface area contributed by atoms with E-state index in [2.05, 4.69) is 5.32 Å². The van der Waals surface area contributed by atoms with Crippen LogP contribution in [0, 0.1) is 5.92 Å². The van der Waals surface area contributed by atoms with Gasteiger partial charge in [0.15, 0.2) is 0 Å². The van der Waals surface area contributed by atoms with Crippen molar-refractivity contribution in [1.29, 1.82) is 0 Å². The quantitative estimate of drug-likeness (QED) is 0.716. The molecular weight excluding hydrogens is 206 g/mol. The highest BCUT2D eigenvalue weighted by atomic mass is 16.5. The van der Waals surface area contributed by atoms with E-state index in [1.165, 1.54) is 0 Å². The highest BCUT2D eigenvalue weighted by Gasteiger charge is 2.31. The summed E-state index contributed by atoms with van der Waals surface area (Å²) in [5, 5.41) is 12.8. The van der Waals surface area contributed by atoms with Gasteiger partial charge < -0.3 is 15.2 Å². The van der Waals surface area contributed by atoms with Crippen LogP contribution in [0.5, 0.6) is 0 Å². The Morgan fingerprint density at radius 1 is 1.50 bits per heavy atom. The van der Waals surface area contributed by atoms with E-state index in [1.54, 1.807) is 7.11 Å². The van der Waals surface area contributed by atoms with Crippen LogP contribution in [0.2, 0.25) is 0 Å². The van der Waals surface area contributed by atoms with Crippen LogP contribution in [0.15, 0.2) is 0 Å². The number of carbonyl (C=O) groups is 1. The fourth-order valence-corrected chi connectivity index (χ4v) is 2.21. The van der Waals surface area contributed by atoms with E-state index < -0.39 is 5.60 Å². The Morgan fingerprint density at radius 3 is 2.69 bits per heavy atom. The van der Waals surface area contributed by atoms with E-state index in [1.807, 2.05) is 6.92 Å². The molecule has 0 spiro atoms. The van der Waals surface area contributed by atoms with Gasteiger partial charge in [-0.1, -0.05) is 19.8 Å². The number of carbonyl (C=O) groups excluding carboxylic acids is 1. The smallest absolute Gasteiger partial charge is 0.220 e. The SMILES string of the molecule is COCC(C)CC(=O)NCC1(O)CCCC1. The molecule has 1 fully saturated rings. The van der Waals surface area contributed by atoms with Crippen LogP contribution >= 0.6 is 0 Å². The van der Waals surface area contributed by atoms with E-state index in [4.69, 9.17) is 4.74 Å². The zero-order valence-electron chi connectivity index (χ0n) is 10.3. The van der Waals surface area contributed by atoms with Crippen LogP contribution in [0.4, 0.5) is 0 Å². The Kier molecular flexibility index (Phi) is 5.22. The van der Waals surface area contributed by atoms with Gasteiger partial charge in [-0.25, -0.2) is 0 Å². The molecule has 1 atom stereocenters. The molecule has 0 aliphatic heterocycles. The summed E-state index contributed by atoms with van der Waals surface area (Å²) in [5.41, 5.74) is -0.653. The molecule has 1 saturated carbocycles. The highest BCUT2D eigenvalue weighted by molar-refractivity contribution is 5.76. The first-order chi connectivity index (χ1) is 7.56. The van der Waals surface area contributed by atoms with Crippen molar-refractivity contribution in [3.05, 3.63) is 0 Å². The van der Waals surface area contributed by atoms with Gasteiger partial charge >= 0.3 is 0 Å². The molecule has 1 amide bonds. The maximum absolute atomic E-state index is 11.5. The van der Waals surface area contributed by atoms with E-state index >= 15 is 0 Å². The molecule has 1 unspecified atom stereocenters. The zero-order chi connectivity index (χ0) is 12.0. The fourth-order valence-electron chi connectivity index (χ4n) is 2.21. The average molecular weight is 229 g/mol. The second-order valence-electron chi connectivity index (χ2n) is 4.97. The number of nitrogens with one attached hydrogen (secondary N) is 1. The normalized spacial score (nSPS) is 20.7. The molecule has 94 valence electrons. The molecule has 4 heteroatoms. The number of hydrogen-bond donors (Lipinski definition) is 2. The summed E-state index contributed by atoms with van der Waals surface area (Å²) >= 11 is 0. The lowest BCUT2D eigenvalue weighted by atomic mass is 10.0. The first-order valence-corrected chi connectivity index (χ1v) is 6.04. The lowest BCUT2D eigenvalue weighted by Gasteiger charge is -2.22. The Bertz CT molecular complexity index is 224. The van der Waals surface area contributed by atoms with Crippen molar-refractivity contribution in [3.63, 3.8) is 0 Å². The van der Waals surface area contributed by atoms with Crippen molar-refractivity contribution >= 4 is 5.91 Å². The first kappa shape index (κ1) is 13.5. The van der Waals surface area contributed by atoms with Crippen molar-refractivity contribution < 1.29 is 14.6 Å². The van der Waals surface area contributed by atoms with Gasteiger partial charge in [0.05, 0.1) is 5.60 Å². The number of aliphatic hydroxyl groups is 1. The summed E-state index contributed by atoms with van der Waals surface area (Å²) in [5.74, 6) is 0.230. The van der Waals surface area contributed by atoms with Crippen molar-refractivity contribution in [2.75, 3.05) is 20.3 Å². The molecule has 0 radical (unpaired) electrons. The third-order valence-electron chi connectivity index (χ3n) is 3.13. The number of hydrogen-bond acceptors (Lipinski definition) is 3. The van der Waals surface area contributed by atoms with Gasteiger partial charge in [-0.15, -0.1) is 0 Å². The van der Waals surface area contributed by atoms with Crippen molar-refractivity contribution in [3.8, 4) is 0 Å². The maximum atomic E-state index is 11.5. The topological polar surface area (TPSA) is 58.6 Å². The van der Waals surface area contributed by atoms with Gasteiger partial charge in [0.1, 0.15) is 0 Å². The summed E-state index contributed by atoms with van der Waals surface area (Å²) in [6.07, 6.45) is 4.20. The Morgan fingerprint density at radius 2 is 2.12 bits per heavy atom. The minimum atomic E-state index is -0.653. The third kappa shape index (κ3) is 4.49. The van der Waals surface area contributed by atoms with Gasteiger partial charge in [0.2, 0.25) is 5.91 Å². The van der Waals surface area contributed by atoms with Crippen LogP contribution < -0.4 is 5.32 Å². The molecule has 0 saturated heterocycles. The number of ether oxygens (including phenoxy) is 1. The minimum absolute atomic E-state index is 0.00451. The van der Waals surface area contributed by atoms with Crippen molar-refractivity contribution in [2.45, 2.75) is 44.6 Å². The van der Waals surface area contributed by atoms with E-state index in [0.717, 1.165) is 25.7 Å². The van der Waals surface area contributed by atoms with E-state index in [9.17, 15) is 9.90 Å². The van der Waals surface area contributed by atoms with Gasteiger partial charge in [-0.2, -0.15) is 0 Å². The van der Waals surface area contributed by atoms with Crippen LogP contribution in [0.25, 0.3) is 0 Å². The lowest BCUT2D eigenvalue weighted by Crippen LogP contribution is -2.41. The summed E-state index contributed by atoms with van der Waals surface area (Å²) in [4.78, 5) is 11.5. The minimum Gasteiger partial charge on any atom is -0.388 e. The molecule has 16 heavy (non-hydrogen) atoms. The second-order valence-corrected chi connectivity index (χ2v) is 4.97. The molecule has 2 N–H and O–H groups in total. The maximum Gasteiger partial charge on any atom is 0.220 e. The molecular formula is C12H23NO3. The first-order valence-electron chi connectivity index (χ1n) is 6.04. The zero-order valence-corrected chi connectivity index (χ0v) is 10.3. The number of amides is 1. The average Bonchev–Trinajstić information content (AvgIpc) is 2.63.